The lowest BCUT2D eigenvalue weighted by atomic mass is 10.0. The highest BCUT2D eigenvalue weighted by molar-refractivity contribution is 7.19. The Balaban J connectivity index is 2.17. The van der Waals surface area contributed by atoms with Gasteiger partial charge in [-0.25, -0.2) is 4.85 Å². The molecule has 0 unspecified atom stereocenters. The highest BCUT2D eigenvalue weighted by Gasteiger charge is 2.27. The summed E-state index contributed by atoms with van der Waals surface area (Å²) in [6.07, 6.45) is 0. The largest absolute Gasteiger partial charge is 0.378 e. The van der Waals surface area contributed by atoms with Crippen LogP contribution in [0.1, 0.15) is 9.67 Å². The standard InChI is InChI=1S/C17H17N3O2S/c1-18-14-13(12-6-4-3-5-7-12)15(16(21)19-2)23-17(14)20-8-10-22-11-9-20/h3-7H,8-11H2,2H3,(H,19,21). The average molecular weight is 327 g/mol. The minimum Gasteiger partial charge on any atom is -0.378 e. The Kier molecular flexibility index (Phi) is 4.60. The van der Waals surface area contributed by atoms with Crippen molar-refractivity contribution in [3.63, 3.8) is 0 Å². The van der Waals surface area contributed by atoms with E-state index in [4.69, 9.17) is 11.3 Å². The van der Waals surface area contributed by atoms with Crippen molar-refractivity contribution in [1.29, 1.82) is 0 Å². The van der Waals surface area contributed by atoms with Crippen LogP contribution in [-0.4, -0.2) is 39.3 Å². The molecule has 6 heteroatoms. The van der Waals surface area contributed by atoms with Crippen LogP contribution >= 0.6 is 11.3 Å². The first kappa shape index (κ1) is 15.5. The molecule has 1 aromatic heterocycles. The lowest BCUT2D eigenvalue weighted by Crippen LogP contribution is -2.35. The second-order valence-electron chi connectivity index (χ2n) is 5.12. The molecule has 0 saturated carbocycles. The predicted octanol–water partition coefficient (Wildman–Crippen LogP) is 3.16. The highest BCUT2D eigenvalue weighted by Crippen LogP contribution is 2.48. The average Bonchev–Trinajstić information content (AvgIpc) is 3.02. The molecule has 1 amide bonds. The van der Waals surface area contributed by atoms with Gasteiger partial charge in [0.1, 0.15) is 0 Å². The number of morpholine rings is 1. The Hall–Kier alpha value is -2.36. The third kappa shape index (κ3) is 2.93. The maximum atomic E-state index is 12.3. The van der Waals surface area contributed by atoms with Crippen LogP contribution in [0.3, 0.4) is 0 Å². The number of benzene rings is 1. The van der Waals surface area contributed by atoms with E-state index in [0.717, 1.165) is 29.2 Å². The predicted molar refractivity (Wildman–Crippen MR) is 92.4 cm³/mol. The van der Waals surface area contributed by atoms with Crippen LogP contribution in [0, 0.1) is 6.57 Å². The number of ether oxygens (including phenoxy) is 1. The zero-order valence-electron chi connectivity index (χ0n) is 12.8. The molecule has 2 aromatic rings. The fraction of sp³-hybridized carbons (Fsp3) is 0.294. The van der Waals surface area contributed by atoms with Gasteiger partial charge in [-0.1, -0.05) is 30.3 Å². The molecule has 3 rings (SSSR count). The Morgan fingerprint density at radius 3 is 2.61 bits per heavy atom. The fourth-order valence-electron chi connectivity index (χ4n) is 2.64. The number of nitrogens with zero attached hydrogens (tertiary/aromatic N) is 2. The van der Waals surface area contributed by atoms with Crippen molar-refractivity contribution in [2.75, 3.05) is 38.3 Å². The van der Waals surface area contributed by atoms with Gasteiger partial charge in [0.25, 0.3) is 5.91 Å². The Labute approximate surface area is 139 Å². The van der Waals surface area contributed by atoms with Gasteiger partial charge < -0.3 is 15.0 Å². The number of hydrogen-bond donors (Lipinski definition) is 1. The van der Waals surface area contributed by atoms with Crippen molar-refractivity contribution in [3.05, 3.63) is 46.6 Å². The zero-order valence-corrected chi connectivity index (χ0v) is 13.7. The summed E-state index contributed by atoms with van der Waals surface area (Å²) >= 11 is 1.39. The summed E-state index contributed by atoms with van der Waals surface area (Å²) in [6, 6.07) is 9.64. The van der Waals surface area contributed by atoms with Gasteiger partial charge in [-0.3, -0.25) is 4.79 Å². The molecule has 1 aromatic carbocycles. The van der Waals surface area contributed by atoms with Crippen molar-refractivity contribution < 1.29 is 9.53 Å². The van der Waals surface area contributed by atoms with E-state index in [0.29, 0.717) is 23.8 Å². The lowest BCUT2D eigenvalue weighted by Gasteiger charge is -2.28. The molecule has 0 radical (unpaired) electrons. The summed E-state index contributed by atoms with van der Waals surface area (Å²) in [5, 5.41) is 3.55. The molecule has 5 nitrogen and oxygen atoms in total. The number of carbonyl (C=O) groups is 1. The van der Waals surface area contributed by atoms with E-state index in [1.807, 2.05) is 30.3 Å². The van der Waals surface area contributed by atoms with Gasteiger partial charge in [-0.15, -0.1) is 11.3 Å². The van der Waals surface area contributed by atoms with Gasteiger partial charge in [0.05, 0.1) is 29.7 Å². The number of nitrogens with one attached hydrogen (secondary N) is 1. The summed E-state index contributed by atoms with van der Waals surface area (Å²) < 4.78 is 5.39. The van der Waals surface area contributed by atoms with E-state index >= 15 is 0 Å². The third-order valence-corrected chi connectivity index (χ3v) is 5.01. The summed E-state index contributed by atoms with van der Waals surface area (Å²) in [7, 11) is 1.61. The Morgan fingerprint density at radius 2 is 2.00 bits per heavy atom. The van der Waals surface area contributed by atoms with Gasteiger partial charge in [0, 0.05) is 25.7 Å². The van der Waals surface area contributed by atoms with Crippen molar-refractivity contribution >= 4 is 27.9 Å². The fourth-order valence-corrected chi connectivity index (χ4v) is 3.90. The zero-order chi connectivity index (χ0) is 16.2. The SMILES string of the molecule is [C-]#[N+]c1c(N2CCOCC2)sc(C(=O)NC)c1-c1ccccc1. The molecule has 0 atom stereocenters. The van der Waals surface area contributed by atoms with Gasteiger partial charge in [-0.2, -0.15) is 0 Å². The van der Waals surface area contributed by atoms with Gasteiger partial charge in [-0.05, 0) is 5.56 Å². The first-order chi connectivity index (χ1) is 11.3. The smallest absolute Gasteiger partial charge is 0.260 e. The molecule has 1 aliphatic heterocycles. The number of carbonyl (C=O) groups excluding carboxylic acids is 1. The van der Waals surface area contributed by atoms with Crippen LogP contribution in [0.4, 0.5) is 10.7 Å². The summed E-state index contributed by atoms with van der Waals surface area (Å²) in [6.45, 7) is 10.4. The van der Waals surface area contributed by atoms with E-state index < -0.39 is 0 Å². The van der Waals surface area contributed by atoms with Crippen LogP contribution in [0.5, 0.6) is 0 Å². The lowest BCUT2D eigenvalue weighted by molar-refractivity contribution is 0.0967. The van der Waals surface area contributed by atoms with Crippen LogP contribution < -0.4 is 10.2 Å². The quantitative estimate of drug-likeness (QED) is 0.881. The second-order valence-corrected chi connectivity index (χ2v) is 6.12. The second kappa shape index (κ2) is 6.82. The number of hydrogen-bond acceptors (Lipinski definition) is 4. The molecule has 1 N–H and O–H groups in total. The summed E-state index contributed by atoms with van der Waals surface area (Å²) in [5.74, 6) is -0.154. The molecule has 0 aliphatic carbocycles. The molecule has 118 valence electrons. The third-order valence-electron chi connectivity index (χ3n) is 3.77. The molecule has 1 fully saturated rings. The molecule has 1 saturated heterocycles. The monoisotopic (exact) mass is 327 g/mol. The van der Waals surface area contributed by atoms with Crippen molar-refractivity contribution in [3.8, 4) is 11.1 Å². The Bertz CT molecular complexity index is 743. The summed E-state index contributed by atoms with van der Waals surface area (Å²) in [5.41, 5.74) is 2.18. The first-order valence-electron chi connectivity index (χ1n) is 7.40. The molecule has 1 aliphatic rings. The van der Waals surface area contributed by atoms with Crippen molar-refractivity contribution in [1.82, 2.24) is 5.32 Å². The highest BCUT2D eigenvalue weighted by atomic mass is 32.1. The number of rotatable bonds is 3. The van der Waals surface area contributed by atoms with Crippen LogP contribution in [0.15, 0.2) is 30.3 Å². The minimum absolute atomic E-state index is 0.154. The van der Waals surface area contributed by atoms with E-state index in [2.05, 4.69) is 15.1 Å². The normalized spacial score (nSPS) is 14.3. The molecule has 23 heavy (non-hydrogen) atoms. The van der Waals surface area contributed by atoms with E-state index in [9.17, 15) is 4.79 Å². The van der Waals surface area contributed by atoms with Crippen LogP contribution in [-0.2, 0) is 4.74 Å². The molecular weight excluding hydrogens is 310 g/mol. The van der Waals surface area contributed by atoms with E-state index in [1.54, 1.807) is 7.05 Å². The topological polar surface area (TPSA) is 45.9 Å². The van der Waals surface area contributed by atoms with Crippen LogP contribution in [0.25, 0.3) is 16.0 Å². The number of amides is 1. The summed E-state index contributed by atoms with van der Waals surface area (Å²) in [4.78, 5) is 18.8. The molecule has 0 bridgehead atoms. The number of anilines is 1. The van der Waals surface area contributed by atoms with Gasteiger partial charge in [0.15, 0.2) is 0 Å². The van der Waals surface area contributed by atoms with Crippen molar-refractivity contribution in [2.24, 2.45) is 0 Å². The molecule has 0 spiro atoms. The van der Waals surface area contributed by atoms with Gasteiger partial charge in [0.2, 0.25) is 5.69 Å². The maximum Gasteiger partial charge on any atom is 0.260 e. The van der Waals surface area contributed by atoms with Gasteiger partial charge >= 0.3 is 0 Å². The first-order valence-corrected chi connectivity index (χ1v) is 8.22. The van der Waals surface area contributed by atoms with E-state index in [-0.39, 0.29) is 5.91 Å². The minimum atomic E-state index is -0.154. The molecular formula is C17H17N3O2S. The number of thiophene rings is 1. The van der Waals surface area contributed by atoms with E-state index in [1.165, 1.54) is 11.3 Å². The molecule has 2 heterocycles. The van der Waals surface area contributed by atoms with Crippen LogP contribution in [0.2, 0.25) is 0 Å². The van der Waals surface area contributed by atoms with Crippen molar-refractivity contribution in [2.45, 2.75) is 0 Å². The Morgan fingerprint density at radius 1 is 1.30 bits per heavy atom. The maximum absolute atomic E-state index is 12.3.